The van der Waals surface area contributed by atoms with Crippen LogP contribution in [0.5, 0.6) is 11.5 Å². The lowest BCUT2D eigenvalue weighted by atomic mass is 10.1. The van der Waals surface area contributed by atoms with E-state index in [-0.39, 0.29) is 23.9 Å². The lowest BCUT2D eigenvalue weighted by molar-refractivity contribution is -0.286. The van der Waals surface area contributed by atoms with Crippen LogP contribution in [0, 0.1) is 0 Å². The zero-order valence-electron chi connectivity index (χ0n) is 8.00. The first-order chi connectivity index (χ1) is 7.02. The monoisotopic (exact) mass is 271 g/mol. The van der Waals surface area contributed by atoms with Gasteiger partial charge in [0, 0.05) is 11.1 Å². The Morgan fingerprint density at radius 1 is 1.25 bits per heavy atom. The maximum absolute atomic E-state index is 12.7. The van der Waals surface area contributed by atoms with Gasteiger partial charge in [0.15, 0.2) is 11.5 Å². The van der Waals surface area contributed by atoms with E-state index in [1.54, 1.807) is 0 Å². The topological polar surface area (TPSA) is 44.5 Å². The first kappa shape index (κ1) is 13.3. The average molecular weight is 272 g/mol. The molecule has 0 saturated heterocycles. The molecule has 0 saturated carbocycles. The molecule has 0 spiro atoms. The molecule has 16 heavy (non-hydrogen) atoms. The molecule has 0 atom stereocenters. The van der Waals surface area contributed by atoms with Crippen LogP contribution in [0.25, 0.3) is 0 Å². The third kappa shape index (κ3) is 2.48. The lowest BCUT2D eigenvalue weighted by Crippen LogP contribution is -2.25. The Balaban J connectivity index is 0.00000128. The lowest BCUT2D eigenvalue weighted by Gasteiger charge is -2.04. The van der Waals surface area contributed by atoms with Crippen molar-refractivity contribution in [1.82, 2.24) is 0 Å². The number of alkyl halides is 2. The number of halogens is 4. The quantitative estimate of drug-likeness (QED) is 0.899. The average Bonchev–Trinajstić information content (AvgIpc) is 2.39. The van der Waals surface area contributed by atoms with Crippen molar-refractivity contribution in [3.63, 3.8) is 0 Å². The van der Waals surface area contributed by atoms with E-state index in [2.05, 4.69) is 9.47 Å². The van der Waals surface area contributed by atoms with Crippen molar-refractivity contribution in [3.8, 4) is 11.5 Å². The molecule has 0 unspecified atom stereocenters. The molecule has 2 N–H and O–H groups in total. The van der Waals surface area contributed by atoms with Gasteiger partial charge in [0.25, 0.3) is 0 Å². The van der Waals surface area contributed by atoms with Gasteiger partial charge in [0.05, 0.1) is 0 Å². The van der Waals surface area contributed by atoms with Gasteiger partial charge in [-0.15, -0.1) is 21.2 Å². The normalized spacial score (nSPS) is 15.8. The molecule has 1 heterocycles. The summed E-state index contributed by atoms with van der Waals surface area (Å²) in [5.74, 6) is -0.0568. The number of ether oxygens (including phenoxy) is 2. The highest BCUT2D eigenvalue weighted by Gasteiger charge is 2.43. The molecule has 0 amide bonds. The first-order valence-electron chi connectivity index (χ1n) is 4.30. The molecule has 0 fully saturated rings. The molecule has 1 aromatic rings. The molecule has 0 bridgehead atoms. The maximum atomic E-state index is 12.7. The minimum Gasteiger partial charge on any atom is -0.395 e. The fourth-order valence-electron chi connectivity index (χ4n) is 1.36. The van der Waals surface area contributed by atoms with E-state index in [1.807, 2.05) is 0 Å². The van der Waals surface area contributed by atoms with Crippen molar-refractivity contribution < 1.29 is 18.3 Å². The Labute approximate surface area is 102 Å². The molecule has 0 radical (unpaired) electrons. The van der Waals surface area contributed by atoms with Crippen LogP contribution in [0.1, 0.15) is 5.56 Å². The van der Waals surface area contributed by atoms with Crippen LogP contribution in [-0.2, 0) is 6.42 Å². The second-order valence-electron chi connectivity index (χ2n) is 3.10. The number of benzene rings is 1. The van der Waals surface area contributed by atoms with Crippen molar-refractivity contribution in [2.75, 3.05) is 6.54 Å². The number of nitrogens with two attached hydrogens (primary N) is 1. The van der Waals surface area contributed by atoms with Gasteiger partial charge in [-0.2, -0.15) is 0 Å². The third-order valence-corrected chi connectivity index (χ3v) is 2.34. The van der Waals surface area contributed by atoms with E-state index in [1.165, 1.54) is 12.1 Å². The predicted molar refractivity (Wildman–Crippen MR) is 57.7 cm³/mol. The summed E-state index contributed by atoms with van der Waals surface area (Å²) in [6.07, 6.45) is -3.10. The van der Waals surface area contributed by atoms with Crippen LogP contribution in [0.15, 0.2) is 12.1 Å². The van der Waals surface area contributed by atoms with Crippen LogP contribution in [0.4, 0.5) is 8.78 Å². The van der Waals surface area contributed by atoms with Gasteiger partial charge >= 0.3 is 6.29 Å². The molecular weight excluding hydrogens is 263 g/mol. The van der Waals surface area contributed by atoms with Crippen LogP contribution in [0.3, 0.4) is 0 Å². The first-order valence-corrected chi connectivity index (χ1v) is 4.68. The van der Waals surface area contributed by atoms with Crippen LogP contribution in [-0.4, -0.2) is 12.8 Å². The highest BCUT2D eigenvalue weighted by molar-refractivity contribution is 6.31. The second-order valence-corrected chi connectivity index (χ2v) is 3.50. The molecular formula is C9H9Cl2F2NO2. The minimum absolute atomic E-state index is 0. The zero-order valence-corrected chi connectivity index (χ0v) is 9.58. The van der Waals surface area contributed by atoms with Crippen molar-refractivity contribution in [2.45, 2.75) is 12.7 Å². The van der Waals surface area contributed by atoms with E-state index in [0.717, 1.165) is 0 Å². The Kier molecular flexibility index (Phi) is 3.83. The Morgan fingerprint density at radius 3 is 2.38 bits per heavy atom. The molecule has 1 aliphatic rings. The molecule has 0 aliphatic carbocycles. The van der Waals surface area contributed by atoms with Crippen LogP contribution >= 0.6 is 24.0 Å². The van der Waals surface area contributed by atoms with Crippen molar-refractivity contribution >= 4 is 24.0 Å². The molecule has 90 valence electrons. The fourth-order valence-corrected chi connectivity index (χ4v) is 1.61. The highest BCUT2D eigenvalue weighted by Crippen LogP contribution is 2.43. The standard InChI is InChI=1S/C9H8ClF2NO2.ClH/c10-6-4-8-7(3-5(6)1-2-13)14-9(11,12)15-8;/h3-4H,1-2,13H2;1H. The summed E-state index contributed by atoms with van der Waals surface area (Å²) in [6.45, 7) is 0.385. The smallest absolute Gasteiger partial charge is 0.395 e. The number of rotatable bonds is 2. The van der Waals surface area contributed by atoms with Gasteiger partial charge < -0.3 is 15.2 Å². The van der Waals surface area contributed by atoms with Gasteiger partial charge in [0.2, 0.25) is 0 Å². The summed E-state index contributed by atoms with van der Waals surface area (Å²) in [4.78, 5) is 0. The van der Waals surface area contributed by atoms with Gasteiger partial charge in [-0.05, 0) is 24.6 Å². The molecule has 3 nitrogen and oxygen atoms in total. The van der Waals surface area contributed by atoms with E-state index in [0.29, 0.717) is 23.6 Å². The van der Waals surface area contributed by atoms with E-state index in [4.69, 9.17) is 17.3 Å². The Bertz CT molecular complexity index is 401. The van der Waals surface area contributed by atoms with Gasteiger partial charge in [-0.3, -0.25) is 0 Å². The highest BCUT2D eigenvalue weighted by atomic mass is 35.5. The third-order valence-electron chi connectivity index (χ3n) is 1.98. The van der Waals surface area contributed by atoms with E-state index >= 15 is 0 Å². The predicted octanol–water partition coefficient (Wildman–Crippen LogP) is 2.58. The summed E-state index contributed by atoms with van der Waals surface area (Å²) in [7, 11) is 0. The molecule has 1 aromatic carbocycles. The van der Waals surface area contributed by atoms with Crippen LogP contribution < -0.4 is 15.2 Å². The van der Waals surface area contributed by atoms with Crippen LogP contribution in [0.2, 0.25) is 5.02 Å². The van der Waals surface area contributed by atoms with Gasteiger partial charge in [-0.1, -0.05) is 11.6 Å². The minimum atomic E-state index is -3.60. The Morgan fingerprint density at radius 2 is 1.81 bits per heavy atom. The fraction of sp³-hybridized carbons (Fsp3) is 0.333. The molecule has 7 heteroatoms. The summed E-state index contributed by atoms with van der Waals surface area (Å²) in [6, 6.07) is 2.73. The summed E-state index contributed by atoms with van der Waals surface area (Å²) in [5.41, 5.74) is 6.02. The number of fused-ring (bicyclic) bond motifs is 1. The van der Waals surface area contributed by atoms with E-state index < -0.39 is 6.29 Å². The molecule has 2 rings (SSSR count). The summed E-state index contributed by atoms with van der Waals surface area (Å²) < 4.78 is 33.9. The van der Waals surface area contributed by atoms with Crippen molar-refractivity contribution in [2.24, 2.45) is 5.73 Å². The van der Waals surface area contributed by atoms with Crippen molar-refractivity contribution in [3.05, 3.63) is 22.7 Å². The van der Waals surface area contributed by atoms with E-state index in [9.17, 15) is 8.78 Å². The molecule has 1 aliphatic heterocycles. The van der Waals surface area contributed by atoms with Gasteiger partial charge in [0.1, 0.15) is 0 Å². The SMILES string of the molecule is Cl.NCCc1cc2c(cc1Cl)OC(F)(F)O2. The Hall–Kier alpha value is -0.780. The maximum Gasteiger partial charge on any atom is 0.586 e. The number of hydrogen-bond donors (Lipinski definition) is 1. The second kappa shape index (κ2) is 4.61. The molecule has 0 aromatic heterocycles. The zero-order chi connectivity index (χ0) is 11.1. The summed E-state index contributed by atoms with van der Waals surface area (Å²) >= 11 is 5.84. The van der Waals surface area contributed by atoms with Gasteiger partial charge in [-0.25, -0.2) is 0 Å². The number of hydrogen-bond acceptors (Lipinski definition) is 3. The largest absolute Gasteiger partial charge is 0.586 e. The summed E-state index contributed by atoms with van der Waals surface area (Å²) in [5, 5.41) is 0.348. The van der Waals surface area contributed by atoms with Crippen molar-refractivity contribution in [1.29, 1.82) is 0 Å².